The number of ether oxygens (including phenoxy) is 6. The van der Waals surface area contributed by atoms with E-state index in [2.05, 4.69) is 26.0 Å². The van der Waals surface area contributed by atoms with Crippen molar-refractivity contribution >= 4 is 11.9 Å². The number of allylic oxidation sites excluding steroid dienone is 2. The van der Waals surface area contributed by atoms with Gasteiger partial charge in [0.1, 0.15) is 55.4 Å². The monoisotopic (exact) mass is 947 g/mol. The highest BCUT2D eigenvalue weighted by Gasteiger charge is 2.47. The van der Waals surface area contributed by atoms with Crippen molar-refractivity contribution in [2.75, 3.05) is 26.4 Å². The normalized spacial score (nSPS) is 26.2. The molecule has 0 aromatic carbocycles. The van der Waals surface area contributed by atoms with Crippen LogP contribution in [0.3, 0.4) is 0 Å². The molecular weight excluding hydrogens is 853 g/mol. The molecule has 11 atom stereocenters. The Labute approximate surface area is 397 Å². The number of aliphatic hydroxyl groups excluding tert-OH is 7. The second kappa shape index (κ2) is 39.0. The molecule has 15 nitrogen and oxygen atoms in total. The van der Waals surface area contributed by atoms with Gasteiger partial charge in [0.2, 0.25) is 0 Å². The van der Waals surface area contributed by atoms with E-state index in [0.29, 0.717) is 12.8 Å². The van der Waals surface area contributed by atoms with Gasteiger partial charge in [-0.3, -0.25) is 9.59 Å². The maximum atomic E-state index is 13.0. The molecule has 0 saturated carbocycles. The summed E-state index contributed by atoms with van der Waals surface area (Å²) in [5, 5.41) is 72.0. The van der Waals surface area contributed by atoms with Crippen LogP contribution >= 0.6 is 0 Å². The van der Waals surface area contributed by atoms with Gasteiger partial charge in [-0.15, -0.1) is 0 Å². The van der Waals surface area contributed by atoms with Crippen LogP contribution in [0.4, 0.5) is 0 Å². The first-order valence-electron chi connectivity index (χ1n) is 26.3. The van der Waals surface area contributed by atoms with Crippen molar-refractivity contribution in [1.82, 2.24) is 0 Å². The Balaban J connectivity index is 1.76. The minimum Gasteiger partial charge on any atom is -0.462 e. The lowest BCUT2D eigenvalue weighted by Crippen LogP contribution is -2.61. The van der Waals surface area contributed by atoms with Crippen molar-refractivity contribution in [3.8, 4) is 0 Å². The fourth-order valence-electron chi connectivity index (χ4n) is 8.38. The lowest BCUT2D eigenvalue weighted by atomic mass is 9.98. The second-order valence-electron chi connectivity index (χ2n) is 18.7. The standard InChI is InChI=1S/C51H94O15/c1-3-5-7-9-11-13-15-16-17-18-19-20-21-22-24-25-27-29-31-33-42(53)61-36-39(64-43(54)34-32-30-28-26-23-14-12-10-8-6-4-2)37-62-50-49(60)47(58)45(56)41(66-50)38-63-51-48(59)46(57)44(55)40(35-52)65-51/h10,12,39-41,44-52,55-60H,3-9,11,13-38H2,1-2H3/b12-10-. The third-order valence-electron chi connectivity index (χ3n) is 12.7. The Morgan fingerprint density at radius 3 is 1.38 bits per heavy atom. The van der Waals surface area contributed by atoms with Gasteiger partial charge in [0.15, 0.2) is 18.7 Å². The average Bonchev–Trinajstić information content (AvgIpc) is 3.31. The van der Waals surface area contributed by atoms with Gasteiger partial charge in [-0.2, -0.15) is 0 Å². The van der Waals surface area contributed by atoms with Gasteiger partial charge in [0.05, 0.1) is 19.8 Å². The fourth-order valence-corrected chi connectivity index (χ4v) is 8.38. The van der Waals surface area contributed by atoms with Crippen molar-refractivity contribution < 1.29 is 73.8 Å². The molecule has 0 bridgehead atoms. The lowest BCUT2D eigenvalue weighted by Gasteiger charge is -2.42. The molecule has 2 heterocycles. The topological polar surface area (TPSA) is 231 Å². The maximum absolute atomic E-state index is 13.0. The van der Waals surface area contributed by atoms with Crippen molar-refractivity contribution in [3.63, 3.8) is 0 Å². The van der Waals surface area contributed by atoms with Crippen LogP contribution < -0.4 is 0 Å². The third-order valence-corrected chi connectivity index (χ3v) is 12.7. The minimum atomic E-state index is -1.76. The summed E-state index contributed by atoms with van der Waals surface area (Å²) < 4.78 is 33.6. The van der Waals surface area contributed by atoms with Crippen LogP contribution in [0.25, 0.3) is 0 Å². The van der Waals surface area contributed by atoms with E-state index >= 15 is 0 Å². The number of esters is 2. The van der Waals surface area contributed by atoms with Crippen LogP contribution in [0, 0.1) is 0 Å². The third kappa shape index (κ3) is 26.8. The number of carbonyl (C=O) groups excluding carboxylic acids is 2. The molecule has 0 aromatic rings. The molecule has 2 rings (SSSR count). The summed E-state index contributed by atoms with van der Waals surface area (Å²) in [6, 6.07) is 0. The Kier molecular flexibility index (Phi) is 35.7. The van der Waals surface area contributed by atoms with E-state index in [1.54, 1.807) is 0 Å². The molecule has 66 heavy (non-hydrogen) atoms. The predicted octanol–water partition coefficient (Wildman–Crippen LogP) is 7.38. The number of rotatable bonds is 41. The van der Waals surface area contributed by atoms with Gasteiger partial charge >= 0.3 is 11.9 Å². The molecule has 11 unspecified atom stereocenters. The Morgan fingerprint density at radius 2 is 0.879 bits per heavy atom. The minimum absolute atomic E-state index is 0.158. The summed E-state index contributed by atoms with van der Waals surface area (Å²) in [6.45, 7) is 2.56. The van der Waals surface area contributed by atoms with E-state index in [1.165, 1.54) is 109 Å². The molecule has 7 N–H and O–H groups in total. The molecule has 388 valence electrons. The summed E-state index contributed by atoms with van der Waals surface area (Å²) in [7, 11) is 0. The first-order chi connectivity index (χ1) is 32.0. The van der Waals surface area contributed by atoms with E-state index in [1.807, 2.05) is 0 Å². The summed E-state index contributed by atoms with van der Waals surface area (Å²) in [4.78, 5) is 25.7. The zero-order chi connectivity index (χ0) is 48.2. The van der Waals surface area contributed by atoms with Gasteiger partial charge < -0.3 is 64.2 Å². The van der Waals surface area contributed by atoms with E-state index in [9.17, 15) is 45.3 Å². The summed E-state index contributed by atoms with van der Waals surface area (Å²) in [5.74, 6) is -0.926. The van der Waals surface area contributed by atoms with Crippen LogP contribution in [-0.2, 0) is 38.0 Å². The molecule has 0 spiro atoms. The van der Waals surface area contributed by atoms with Crippen molar-refractivity contribution in [1.29, 1.82) is 0 Å². The van der Waals surface area contributed by atoms with Crippen molar-refractivity contribution in [2.24, 2.45) is 0 Å². The largest absolute Gasteiger partial charge is 0.462 e. The fraction of sp³-hybridized carbons (Fsp3) is 0.922. The first kappa shape index (κ1) is 60.4. The van der Waals surface area contributed by atoms with Crippen LogP contribution in [0.15, 0.2) is 12.2 Å². The van der Waals surface area contributed by atoms with Gasteiger partial charge in [-0.25, -0.2) is 0 Å². The van der Waals surface area contributed by atoms with Crippen LogP contribution in [-0.4, -0.2) is 142 Å². The molecule has 2 aliphatic heterocycles. The maximum Gasteiger partial charge on any atom is 0.306 e. The number of aliphatic hydroxyl groups is 7. The average molecular weight is 947 g/mol. The molecule has 2 saturated heterocycles. The van der Waals surface area contributed by atoms with Gasteiger partial charge in [-0.1, -0.05) is 174 Å². The molecular formula is C51H94O15. The Bertz CT molecular complexity index is 1210. The molecule has 2 aliphatic rings. The predicted molar refractivity (Wildman–Crippen MR) is 252 cm³/mol. The van der Waals surface area contributed by atoms with E-state index in [4.69, 9.17) is 28.4 Å². The smallest absolute Gasteiger partial charge is 0.306 e. The van der Waals surface area contributed by atoms with Gasteiger partial charge in [-0.05, 0) is 32.1 Å². The van der Waals surface area contributed by atoms with E-state index < -0.39 is 92.7 Å². The van der Waals surface area contributed by atoms with Gasteiger partial charge in [0.25, 0.3) is 0 Å². The van der Waals surface area contributed by atoms with Crippen LogP contribution in [0.5, 0.6) is 0 Å². The zero-order valence-corrected chi connectivity index (χ0v) is 40.9. The summed E-state index contributed by atoms with van der Waals surface area (Å²) in [6.07, 6.45) is 21.1. The molecule has 2 fully saturated rings. The number of carbonyl (C=O) groups is 2. The molecule has 0 aliphatic carbocycles. The number of unbranched alkanes of at least 4 members (excludes halogenated alkanes) is 25. The zero-order valence-electron chi connectivity index (χ0n) is 40.9. The highest BCUT2D eigenvalue weighted by atomic mass is 16.7. The highest BCUT2D eigenvalue weighted by Crippen LogP contribution is 2.26. The van der Waals surface area contributed by atoms with Crippen molar-refractivity contribution in [3.05, 3.63) is 12.2 Å². The van der Waals surface area contributed by atoms with E-state index in [-0.39, 0.29) is 26.1 Å². The van der Waals surface area contributed by atoms with Crippen LogP contribution in [0.1, 0.15) is 206 Å². The molecule has 15 heteroatoms. The number of hydrogen-bond donors (Lipinski definition) is 7. The number of hydrogen-bond acceptors (Lipinski definition) is 15. The molecule has 0 amide bonds. The first-order valence-corrected chi connectivity index (χ1v) is 26.3. The Morgan fingerprint density at radius 1 is 0.470 bits per heavy atom. The molecule has 0 aromatic heterocycles. The lowest BCUT2D eigenvalue weighted by molar-refractivity contribution is -0.332. The highest BCUT2D eigenvalue weighted by molar-refractivity contribution is 5.70. The Hall–Kier alpha value is -1.76. The van der Waals surface area contributed by atoms with Gasteiger partial charge in [0, 0.05) is 12.8 Å². The summed E-state index contributed by atoms with van der Waals surface area (Å²) >= 11 is 0. The summed E-state index contributed by atoms with van der Waals surface area (Å²) in [5.41, 5.74) is 0. The quantitative estimate of drug-likeness (QED) is 0.0180. The van der Waals surface area contributed by atoms with Crippen LogP contribution in [0.2, 0.25) is 0 Å². The van der Waals surface area contributed by atoms with E-state index in [0.717, 1.165) is 57.8 Å². The molecule has 0 radical (unpaired) electrons. The SMILES string of the molecule is CCCC/C=C\CCCCCCCC(=O)OC(COC(=O)CCCCCCCCCCCCCCCCCCCCC)COC1OC(COC2OC(CO)C(O)C(O)C2O)C(O)C(O)C1O. The second-order valence-corrected chi connectivity index (χ2v) is 18.7. The van der Waals surface area contributed by atoms with Crippen molar-refractivity contribution in [2.45, 2.75) is 274 Å².